The first-order chi connectivity index (χ1) is 19.2. The van der Waals surface area contributed by atoms with Crippen molar-refractivity contribution >= 4 is 29.6 Å². The monoisotopic (exact) mass is 553 g/mol. The number of amides is 4. The number of hydrogen-bond acceptors (Lipinski definition) is 7. The van der Waals surface area contributed by atoms with Crippen molar-refractivity contribution in [2.24, 2.45) is 5.73 Å². The smallest absolute Gasteiger partial charge is 0.326 e. The van der Waals surface area contributed by atoms with Crippen LogP contribution in [0.5, 0.6) is 0 Å². The van der Waals surface area contributed by atoms with Gasteiger partial charge in [-0.1, -0.05) is 60.7 Å². The second-order valence-corrected chi connectivity index (χ2v) is 9.54. The van der Waals surface area contributed by atoms with Crippen molar-refractivity contribution in [2.45, 2.75) is 49.9 Å². The number of nitrogens with zero attached hydrogens (tertiary/aromatic N) is 1. The summed E-state index contributed by atoms with van der Waals surface area (Å²) < 4.78 is 0. The Labute approximate surface area is 231 Å². The van der Waals surface area contributed by atoms with Crippen molar-refractivity contribution < 1.29 is 34.2 Å². The summed E-state index contributed by atoms with van der Waals surface area (Å²) in [4.78, 5) is 64.6. The van der Waals surface area contributed by atoms with Gasteiger partial charge in [-0.3, -0.25) is 19.2 Å². The Balaban J connectivity index is 1.68. The van der Waals surface area contributed by atoms with Crippen LogP contribution in [-0.2, 0) is 36.8 Å². The van der Waals surface area contributed by atoms with Gasteiger partial charge < -0.3 is 36.8 Å². The van der Waals surface area contributed by atoms with E-state index in [1.54, 1.807) is 60.7 Å². The van der Waals surface area contributed by atoms with Crippen molar-refractivity contribution in [1.29, 1.82) is 0 Å². The van der Waals surface area contributed by atoms with Gasteiger partial charge in [-0.25, -0.2) is 4.79 Å². The first kappa shape index (κ1) is 30.3. The van der Waals surface area contributed by atoms with E-state index in [1.165, 1.54) is 4.90 Å². The summed E-state index contributed by atoms with van der Waals surface area (Å²) in [6, 6.07) is 13.1. The van der Waals surface area contributed by atoms with Crippen molar-refractivity contribution in [2.75, 3.05) is 19.7 Å². The highest BCUT2D eigenvalue weighted by Crippen LogP contribution is 2.19. The summed E-state index contributed by atoms with van der Waals surface area (Å²) in [7, 11) is 0. The summed E-state index contributed by atoms with van der Waals surface area (Å²) in [5, 5.41) is 27.1. The Morgan fingerprint density at radius 3 is 1.95 bits per heavy atom. The van der Waals surface area contributed by atoms with Gasteiger partial charge in [0, 0.05) is 19.4 Å². The second kappa shape index (κ2) is 14.8. The van der Waals surface area contributed by atoms with E-state index < -0.39 is 60.4 Å². The largest absolute Gasteiger partial charge is 0.480 e. The van der Waals surface area contributed by atoms with Crippen LogP contribution in [0.3, 0.4) is 0 Å². The Kier molecular flexibility index (Phi) is 11.2. The molecule has 0 spiro atoms. The third-order valence-corrected chi connectivity index (χ3v) is 6.65. The first-order valence-corrected chi connectivity index (χ1v) is 13.1. The van der Waals surface area contributed by atoms with E-state index in [0.29, 0.717) is 12.8 Å². The van der Waals surface area contributed by atoms with E-state index in [0.717, 1.165) is 11.1 Å². The Bertz CT molecular complexity index is 1180. The zero-order chi connectivity index (χ0) is 29.1. The van der Waals surface area contributed by atoms with Crippen LogP contribution in [0.1, 0.15) is 24.0 Å². The molecule has 1 aliphatic rings. The number of aliphatic hydroxyl groups is 1. The summed E-state index contributed by atoms with van der Waals surface area (Å²) in [6.07, 6.45) is 0.965. The molecule has 1 fully saturated rings. The van der Waals surface area contributed by atoms with Crippen LogP contribution in [0, 0.1) is 0 Å². The molecule has 4 amide bonds. The minimum atomic E-state index is -1.38. The maximum Gasteiger partial charge on any atom is 0.326 e. The van der Waals surface area contributed by atoms with Crippen LogP contribution in [-0.4, -0.2) is 88.6 Å². The summed E-state index contributed by atoms with van der Waals surface area (Å²) >= 11 is 0. The third kappa shape index (κ3) is 8.35. The van der Waals surface area contributed by atoms with E-state index in [4.69, 9.17) is 5.73 Å². The molecule has 12 nitrogen and oxygen atoms in total. The fraction of sp³-hybridized carbons (Fsp3) is 0.393. The van der Waals surface area contributed by atoms with E-state index in [2.05, 4.69) is 16.0 Å². The number of carbonyl (C=O) groups excluding carboxylic acids is 4. The van der Waals surface area contributed by atoms with Crippen LogP contribution in [0.2, 0.25) is 0 Å². The van der Waals surface area contributed by atoms with Crippen LogP contribution < -0.4 is 21.7 Å². The highest BCUT2D eigenvalue weighted by molar-refractivity contribution is 5.95. The lowest BCUT2D eigenvalue weighted by Crippen LogP contribution is -2.59. The number of nitrogens with two attached hydrogens (primary N) is 1. The Hall–Kier alpha value is -4.29. The van der Waals surface area contributed by atoms with Crippen molar-refractivity contribution in [3.05, 3.63) is 71.8 Å². The van der Waals surface area contributed by atoms with E-state index in [9.17, 15) is 34.2 Å². The lowest BCUT2D eigenvalue weighted by molar-refractivity contribution is -0.145. The zero-order valence-electron chi connectivity index (χ0n) is 22.0. The Morgan fingerprint density at radius 2 is 1.43 bits per heavy atom. The SMILES string of the molecule is NCC(=O)N[C@@H](Cc1ccccc1)C(=O)N[C@@H](CO)C(=O)N1CCC[C@H]1C(=O)N[C@@H](Cc1ccccc1)C(=O)O. The fourth-order valence-corrected chi connectivity index (χ4v) is 4.59. The molecule has 214 valence electrons. The molecule has 3 rings (SSSR count). The molecule has 0 aliphatic carbocycles. The quantitative estimate of drug-likeness (QED) is 0.181. The topological polar surface area (TPSA) is 191 Å². The molecular weight excluding hydrogens is 518 g/mol. The molecule has 0 unspecified atom stereocenters. The molecule has 2 aromatic rings. The predicted molar refractivity (Wildman–Crippen MR) is 145 cm³/mol. The van der Waals surface area contributed by atoms with E-state index in [1.807, 2.05) is 0 Å². The molecule has 40 heavy (non-hydrogen) atoms. The average Bonchev–Trinajstić information content (AvgIpc) is 3.46. The van der Waals surface area contributed by atoms with Gasteiger partial charge in [-0.05, 0) is 24.0 Å². The lowest BCUT2D eigenvalue weighted by Gasteiger charge is -2.29. The number of hydrogen-bond donors (Lipinski definition) is 6. The average molecular weight is 554 g/mol. The molecule has 1 heterocycles. The van der Waals surface area contributed by atoms with Gasteiger partial charge in [0.05, 0.1) is 13.2 Å². The summed E-state index contributed by atoms with van der Waals surface area (Å²) in [5.41, 5.74) is 6.88. The van der Waals surface area contributed by atoms with Gasteiger partial charge in [0.15, 0.2) is 0 Å². The molecule has 0 saturated carbocycles. The number of nitrogens with one attached hydrogen (secondary N) is 3. The minimum absolute atomic E-state index is 0.0647. The highest BCUT2D eigenvalue weighted by Gasteiger charge is 2.39. The minimum Gasteiger partial charge on any atom is -0.480 e. The summed E-state index contributed by atoms with van der Waals surface area (Å²) in [6.45, 7) is -0.895. The lowest BCUT2D eigenvalue weighted by atomic mass is 10.0. The van der Waals surface area contributed by atoms with Crippen LogP contribution in [0.4, 0.5) is 0 Å². The first-order valence-electron chi connectivity index (χ1n) is 13.1. The van der Waals surface area contributed by atoms with Gasteiger partial charge in [0.1, 0.15) is 24.2 Å². The second-order valence-electron chi connectivity index (χ2n) is 9.54. The highest BCUT2D eigenvalue weighted by atomic mass is 16.4. The molecule has 1 aliphatic heterocycles. The van der Waals surface area contributed by atoms with E-state index in [-0.39, 0.29) is 25.9 Å². The molecule has 0 bridgehead atoms. The number of carbonyl (C=O) groups is 5. The molecule has 1 saturated heterocycles. The summed E-state index contributed by atoms with van der Waals surface area (Å²) in [5.74, 6) is -3.80. The van der Waals surface area contributed by atoms with Crippen LogP contribution in [0.25, 0.3) is 0 Å². The van der Waals surface area contributed by atoms with E-state index >= 15 is 0 Å². The van der Waals surface area contributed by atoms with Gasteiger partial charge in [-0.15, -0.1) is 0 Å². The molecule has 4 atom stereocenters. The molecule has 12 heteroatoms. The number of benzene rings is 2. The molecular formula is C28H35N5O7. The predicted octanol–water partition coefficient (Wildman–Crippen LogP) is -1.05. The fourth-order valence-electron chi connectivity index (χ4n) is 4.59. The van der Waals surface area contributed by atoms with Crippen molar-refractivity contribution in [3.8, 4) is 0 Å². The van der Waals surface area contributed by atoms with Gasteiger partial charge in [0.25, 0.3) is 0 Å². The zero-order valence-corrected chi connectivity index (χ0v) is 22.0. The number of aliphatic carboxylic acids is 1. The number of aliphatic hydroxyl groups excluding tert-OH is 1. The maximum atomic E-state index is 13.3. The third-order valence-electron chi connectivity index (χ3n) is 6.65. The standard InChI is InChI=1S/C28H35N5O7/c29-16-24(35)30-20(14-18-8-3-1-4-9-18)25(36)32-22(17-34)27(38)33-13-7-12-23(33)26(37)31-21(28(39)40)15-19-10-5-2-6-11-19/h1-6,8-11,20-23,34H,7,12-17,29H2,(H,30,35)(H,31,37)(H,32,36)(H,39,40)/t20-,21-,22-,23-/m0/s1. The van der Waals surface area contributed by atoms with Gasteiger partial charge in [-0.2, -0.15) is 0 Å². The van der Waals surface area contributed by atoms with Gasteiger partial charge in [0.2, 0.25) is 23.6 Å². The van der Waals surface area contributed by atoms with Crippen molar-refractivity contribution in [3.63, 3.8) is 0 Å². The molecule has 7 N–H and O–H groups in total. The molecule has 2 aromatic carbocycles. The maximum absolute atomic E-state index is 13.3. The number of rotatable bonds is 13. The molecule has 0 radical (unpaired) electrons. The number of carboxylic acid groups (broad SMARTS) is 1. The number of likely N-dealkylation sites (tertiary alicyclic amines) is 1. The van der Waals surface area contributed by atoms with Crippen LogP contribution in [0.15, 0.2) is 60.7 Å². The van der Waals surface area contributed by atoms with Gasteiger partial charge >= 0.3 is 5.97 Å². The normalized spacial score (nSPS) is 16.9. The number of carboxylic acids is 1. The van der Waals surface area contributed by atoms with Crippen LogP contribution >= 0.6 is 0 Å². The van der Waals surface area contributed by atoms with Crippen molar-refractivity contribution in [1.82, 2.24) is 20.9 Å². The molecule has 0 aromatic heterocycles. The Morgan fingerprint density at radius 1 is 0.850 bits per heavy atom.